The second kappa shape index (κ2) is 5.29. The van der Waals surface area contributed by atoms with Crippen LogP contribution in [0.15, 0.2) is 24.3 Å². The van der Waals surface area contributed by atoms with E-state index >= 15 is 0 Å². The molecule has 0 aliphatic heterocycles. The Balaban J connectivity index is 2.51. The molecule has 80 valence electrons. The number of Topliss-reactive ketones (excluding diaryl/α,β-unsaturated/α-hetero) is 1. The lowest BCUT2D eigenvalue weighted by Gasteiger charge is -2.04. The van der Waals surface area contributed by atoms with Crippen LogP contribution < -0.4 is 5.32 Å². The van der Waals surface area contributed by atoms with Crippen molar-refractivity contribution in [3.8, 4) is 0 Å². The Hall–Kier alpha value is -1.64. The van der Waals surface area contributed by atoms with Gasteiger partial charge in [-0.1, -0.05) is 24.6 Å². The van der Waals surface area contributed by atoms with Crippen LogP contribution in [-0.2, 0) is 9.59 Å². The van der Waals surface area contributed by atoms with Crippen LogP contribution in [0.3, 0.4) is 0 Å². The van der Waals surface area contributed by atoms with Crippen molar-refractivity contribution in [3.63, 3.8) is 0 Å². The number of ketones is 1. The molecular formula is C12H15NO2. The van der Waals surface area contributed by atoms with E-state index in [0.29, 0.717) is 6.42 Å². The molecule has 0 atom stereocenters. The summed E-state index contributed by atoms with van der Waals surface area (Å²) in [6, 6.07) is 7.47. The number of benzene rings is 1. The maximum atomic E-state index is 11.3. The largest absolute Gasteiger partial charge is 0.326 e. The maximum absolute atomic E-state index is 11.3. The molecule has 0 saturated heterocycles. The number of aryl methyl sites for hydroxylation is 1. The van der Waals surface area contributed by atoms with Crippen molar-refractivity contribution in [2.45, 2.75) is 26.7 Å². The van der Waals surface area contributed by atoms with Gasteiger partial charge in [0.05, 0.1) is 6.42 Å². The molecule has 1 rings (SSSR count). The third kappa shape index (κ3) is 3.94. The number of amides is 1. The minimum Gasteiger partial charge on any atom is -0.326 e. The fraction of sp³-hybridized carbons (Fsp3) is 0.333. The summed E-state index contributed by atoms with van der Waals surface area (Å²) >= 11 is 0. The molecule has 15 heavy (non-hydrogen) atoms. The highest BCUT2D eigenvalue weighted by molar-refractivity contribution is 6.04. The number of nitrogens with one attached hydrogen (secondary N) is 1. The lowest BCUT2D eigenvalue weighted by Crippen LogP contribution is -2.15. The summed E-state index contributed by atoms with van der Waals surface area (Å²) in [5.41, 5.74) is 1.87. The minimum atomic E-state index is -0.245. The number of hydrogen-bond donors (Lipinski definition) is 1. The first-order chi connectivity index (χ1) is 7.11. The van der Waals surface area contributed by atoms with Crippen molar-refractivity contribution in [1.29, 1.82) is 0 Å². The molecule has 0 aromatic heterocycles. The van der Waals surface area contributed by atoms with Crippen molar-refractivity contribution in [2.24, 2.45) is 0 Å². The smallest absolute Gasteiger partial charge is 0.231 e. The van der Waals surface area contributed by atoms with Gasteiger partial charge >= 0.3 is 0 Å². The maximum Gasteiger partial charge on any atom is 0.231 e. The van der Waals surface area contributed by atoms with Crippen molar-refractivity contribution < 1.29 is 9.59 Å². The normalized spacial score (nSPS) is 9.73. The first-order valence-corrected chi connectivity index (χ1v) is 5.00. The van der Waals surface area contributed by atoms with Gasteiger partial charge in [0, 0.05) is 12.1 Å². The first kappa shape index (κ1) is 11.4. The average molecular weight is 205 g/mol. The van der Waals surface area contributed by atoms with Crippen LogP contribution in [0.5, 0.6) is 0 Å². The van der Waals surface area contributed by atoms with Gasteiger partial charge in [0.1, 0.15) is 5.78 Å². The van der Waals surface area contributed by atoms with E-state index in [0.717, 1.165) is 11.3 Å². The molecule has 0 heterocycles. The van der Waals surface area contributed by atoms with E-state index in [1.165, 1.54) is 0 Å². The van der Waals surface area contributed by atoms with E-state index in [9.17, 15) is 9.59 Å². The topological polar surface area (TPSA) is 46.2 Å². The third-order valence-corrected chi connectivity index (χ3v) is 2.09. The number of carbonyl (C=O) groups is 2. The summed E-state index contributed by atoms with van der Waals surface area (Å²) in [5.74, 6) is -0.287. The molecule has 1 amide bonds. The van der Waals surface area contributed by atoms with E-state index in [2.05, 4.69) is 5.32 Å². The van der Waals surface area contributed by atoms with Crippen LogP contribution in [0.25, 0.3) is 0 Å². The summed E-state index contributed by atoms with van der Waals surface area (Å²) in [7, 11) is 0. The van der Waals surface area contributed by atoms with Gasteiger partial charge in [-0.3, -0.25) is 9.59 Å². The first-order valence-electron chi connectivity index (χ1n) is 5.00. The molecule has 0 radical (unpaired) electrons. The second-order valence-corrected chi connectivity index (χ2v) is 3.48. The van der Waals surface area contributed by atoms with Gasteiger partial charge in [-0.2, -0.15) is 0 Å². The van der Waals surface area contributed by atoms with Crippen molar-refractivity contribution >= 4 is 17.4 Å². The molecule has 0 aliphatic carbocycles. The molecule has 3 nitrogen and oxygen atoms in total. The summed E-state index contributed by atoms with van der Waals surface area (Å²) < 4.78 is 0. The van der Waals surface area contributed by atoms with Crippen LogP contribution in [-0.4, -0.2) is 11.7 Å². The molecule has 0 bridgehead atoms. The van der Waals surface area contributed by atoms with E-state index < -0.39 is 0 Å². The average Bonchev–Trinajstić information content (AvgIpc) is 2.21. The van der Waals surface area contributed by atoms with Gasteiger partial charge < -0.3 is 5.32 Å². The molecule has 3 heteroatoms. The summed E-state index contributed by atoms with van der Waals surface area (Å²) in [6.07, 6.45) is 0.367. The van der Waals surface area contributed by atoms with Gasteiger partial charge in [0.15, 0.2) is 0 Å². The summed E-state index contributed by atoms with van der Waals surface area (Å²) in [5, 5.41) is 2.67. The molecule has 0 spiro atoms. The van der Waals surface area contributed by atoms with E-state index in [4.69, 9.17) is 0 Å². The van der Waals surface area contributed by atoms with Crippen LogP contribution in [0.2, 0.25) is 0 Å². The van der Waals surface area contributed by atoms with Crippen LogP contribution in [0.4, 0.5) is 5.69 Å². The van der Waals surface area contributed by atoms with Crippen LogP contribution in [0.1, 0.15) is 25.3 Å². The zero-order valence-corrected chi connectivity index (χ0v) is 9.04. The lowest BCUT2D eigenvalue weighted by molar-refractivity contribution is -0.125. The fourth-order valence-electron chi connectivity index (χ4n) is 1.15. The van der Waals surface area contributed by atoms with Gasteiger partial charge in [-0.25, -0.2) is 0 Å². The monoisotopic (exact) mass is 205 g/mol. The molecular weight excluding hydrogens is 190 g/mol. The van der Waals surface area contributed by atoms with E-state index in [1.807, 2.05) is 31.2 Å². The second-order valence-electron chi connectivity index (χ2n) is 3.48. The van der Waals surface area contributed by atoms with E-state index in [-0.39, 0.29) is 18.1 Å². The predicted molar refractivity (Wildman–Crippen MR) is 59.7 cm³/mol. The lowest BCUT2D eigenvalue weighted by atomic mass is 10.2. The zero-order chi connectivity index (χ0) is 11.3. The highest BCUT2D eigenvalue weighted by atomic mass is 16.2. The molecule has 0 unspecified atom stereocenters. The SMILES string of the molecule is CCC(=O)CC(=O)Nc1ccc(C)cc1. The van der Waals surface area contributed by atoms with Crippen molar-refractivity contribution in [1.82, 2.24) is 0 Å². The number of hydrogen-bond acceptors (Lipinski definition) is 2. The zero-order valence-electron chi connectivity index (χ0n) is 9.04. The minimum absolute atomic E-state index is 0.0373. The fourth-order valence-corrected chi connectivity index (χ4v) is 1.15. The quantitative estimate of drug-likeness (QED) is 0.766. The Morgan fingerprint density at radius 2 is 1.80 bits per heavy atom. The summed E-state index contributed by atoms with van der Waals surface area (Å²) in [6.45, 7) is 3.73. The van der Waals surface area contributed by atoms with Gasteiger partial charge in [0.25, 0.3) is 0 Å². The van der Waals surface area contributed by atoms with Crippen molar-refractivity contribution in [3.05, 3.63) is 29.8 Å². The third-order valence-electron chi connectivity index (χ3n) is 2.09. The Labute approximate surface area is 89.5 Å². The van der Waals surface area contributed by atoms with Gasteiger partial charge in [0.2, 0.25) is 5.91 Å². The number of rotatable bonds is 4. The molecule has 1 N–H and O–H groups in total. The predicted octanol–water partition coefficient (Wildman–Crippen LogP) is 2.30. The van der Waals surface area contributed by atoms with Gasteiger partial charge in [-0.05, 0) is 19.1 Å². The highest BCUT2D eigenvalue weighted by Crippen LogP contribution is 2.08. The number of anilines is 1. The van der Waals surface area contributed by atoms with Crippen LogP contribution >= 0.6 is 0 Å². The Morgan fingerprint density at radius 1 is 1.20 bits per heavy atom. The number of carbonyl (C=O) groups excluding carboxylic acids is 2. The Kier molecular flexibility index (Phi) is 4.03. The van der Waals surface area contributed by atoms with Crippen molar-refractivity contribution in [2.75, 3.05) is 5.32 Å². The highest BCUT2D eigenvalue weighted by Gasteiger charge is 2.07. The summed E-state index contributed by atoms with van der Waals surface area (Å²) in [4.78, 5) is 22.3. The molecule has 0 fully saturated rings. The molecule has 0 aliphatic rings. The Bertz CT molecular complexity index is 354. The van der Waals surface area contributed by atoms with E-state index in [1.54, 1.807) is 6.92 Å². The molecule has 0 saturated carbocycles. The molecule has 1 aromatic rings. The van der Waals surface area contributed by atoms with Crippen LogP contribution in [0, 0.1) is 6.92 Å². The Morgan fingerprint density at radius 3 is 2.33 bits per heavy atom. The molecule has 1 aromatic carbocycles. The standard InChI is InChI=1S/C12H15NO2/c1-3-11(14)8-12(15)13-10-6-4-9(2)5-7-10/h4-7H,3,8H2,1-2H3,(H,13,15). The van der Waals surface area contributed by atoms with Gasteiger partial charge in [-0.15, -0.1) is 0 Å².